The molecule has 38 heavy (non-hydrogen) atoms. The van der Waals surface area contributed by atoms with E-state index in [1.807, 2.05) is 22.9 Å². The van der Waals surface area contributed by atoms with Gasteiger partial charge < -0.3 is 9.88 Å². The summed E-state index contributed by atoms with van der Waals surface area (Å²) in [6.07, 6.45) is 1.39. The molecule has 190 valence electrons. The summed E-state index contributed by atoms with van der Waals surface area (Å²) in [6, 6.07) is 25.7. The second kappa shape index (κ2) is 8.19. The summed E-state index contributed by atoms with van der Waals surface area (Å²) in [7, 11) is 0. The minimum atomic E-state index is -0.157. The fourth-order valence-electron chi connectivity index (χ4n) is 6.75. The van der Waals surface area contributed by atoms with Crippen LogP contribution in [0.3, 0.4) is 0 Å². The van der Waals surface area contributed by atoms with Crippen LogP contribution in [0.25, 0.3) is 27.5 Å². The molecule has 1 atom stereocenters. The van der Waals surface area contributed by atoms with Crippen LogP contribution in [0, 0.1) is 12.3 Å². The number of hydrogen-bond acceptors (Lipinski definition) is 3. The van der Waals surface area contributed by atoms with Crippen LogP contribution < -0.4 is 5.32 Å². The van der Waals surface area contributed by atoms with Gasteiger partial charge in [0.2, 0.25) is 0 Å². The Kier molecular flexibility index (Phi) is 4.96. The van der Waals surface area contributed by atoms with Crippen molar-refractivity contribution < 1.29 is 4.79 Å². The average Bonchev–Trinajstić information content (AvgIpc) is 3.41. The number of benzene rings is 3. The summed E-state index contributed by atoms with van der Waals surface area (Å²) in [5, 5.41) is 11.2. The molecule has 1 aliphatic carbocycles. The minimum Gasteiger partial charge on any atom is -0.343 e. The van der Waals surface area contributed by atoms with Gasteiger partial charge in [-0.3, -0.25) is 4.79 Å². The number of allylic oxidation sites excluding steroid dienone is 2. The van der Waals surface area contributed by atoms with E-state index in [2.05, 4.69) is 92.2 Å². The SMILES string of the molecule is CCn1c2ccccc2c2cc([C@H]3C4=C(CC(C)(C)CC4=O)Nc4c3c(C)nn4-c3ccccc3)ccc21. The van der Waals surface area contributed by atoms with Crippen LogP contribution in [0.15, 0.2) is 84.1 Å². The Balaban J connectivity index is 1.50. The molecule has 0 unspecified atom stereocenters. The number of nitrogens with zero attached hydrogens (tertiary/aromatic N) is 3. The molecule has 1 aliphatic heterocycles. The van der Waals surface area contributed by atoms with Crippen LogP contribution in [-0.4, -0.2) is 20.1 Å². The number of aryl methyl sites for hydroxylation is 2. The van der Waals surface area contributed by atoms with Gasteiger partial charge in [-0.05, 0) is 61.6 Å². The highest BCUT2D eigenvalue weighted by Gasteiger charge is 2.43. The van der Waals surface area contributed by atoms with Gasteiger partial charge in [0.15, 0.2) is 5.78 Å². The zero-order valence-corrected chi connectivity index (χ0v) is 22.4. The number of anilines is 1. The number of fused-ring (bicyclic) bond motifs is 4. The molecule has 0 saturated heterocycles. The van der Waals surface area contributed by atoms with Crippen molar-refractivity contribution in [2.24, 2.45) is 5.41 Å². The lowest BCUT2D eigenvalue weighted by Crippen LogP contribution is -2.34. The van der Waals surface area contributed by atoms with Gasteiger partial charge in [0.25, 0.3) is 0 Å². The van der Waals surface area contributed by atoms with Crippen LogP contribution >= 0.6 is 0 Å². The highest BCUT2D eigenvalue weighted by Crippen LogP contribution is 2.51. The van der Waals surface area contributed by atoms with E-state index in [4.69, 9.17) is 5.10 Å². The first-order valence-corrected chi connectivity index (χ1v) is 13.6. The van der Waals surface area contributed by atoms with Crippen LogP contribution in [0.2, 0.25) is 0 Å². The van der Waals surface area contributed by atoms with Gasteiger partial charge in [0, 0.05) is 57.5 Å². The molecule has 1 N–H and O–H groups in total. The molecular formula is C33H32N4O. The van der Waals surface area contributed by atoms with Crippen molar-refractivity contribution in [3.05, 3.63) is 101 Å². The number of nitrogens with one attached hydrogen (secondary N) is 1. The van der Waals surface area contributed by atoms with Gasteiger partial charge in [0.05, 0.1) is 11.4 Å². The molecule has 2 aliphatic rings. The van der Waals surface area contributed by atoms with E-state index in [1.54, 1.807) is 0 Å². The number of rotatable bonds is 3. The molecule has 0 radical (unpaired) electrons. The monoisotopic (exact) mass is 500 g/mol. The lowest BCUT2D eigenvalue weighted by molar-refractivity contribution is -0.118. The molecule has 5 heteroatoms. The first-order chi connectivity index (χ1) is 18.4. The van der Waals surface area contributed by atoms with E-state index >= 15 is 0 Å². The highest BCUT2D eigenvalue weighted by molar-refractivity contribution is 6.09. The standard InChI is InChI=1S/C33H32N4O/c1-5-36-26-14-10-9-13-23(26)24-17-21(15-16-27(24)36)30-29-20(2)35-37(22-11-7-6-8-12-22)32(29)34-25-18-33(3,4)19-28(38)31(25)30/h6-17,30,34H,5,18-19H2,1-4H3/t30-/m1/s1. The molecule has 0 fully saturated rings. The number of carbonyl (C=O) groups is 1. The van der Waals surface area contributed by atoms with E-state index in [0.29, 0.717) is 6.42 Å². The number of Topliss-reactive ketones (excluding diaryl/α,β-unsaturated/α-hetero) is 1. The van der Waals surface area contributed by atoms with Gasteiger partial charge in [0.1, 0.15) is 5.82 Å². The lowest BCUT2D eigenvalue weighted by Gasteiger charge is -2.38. The number of hydrogen-bond donors (Lipinski definition) is 1. The topological polar surface area (TPSA) is 51.9 Å². The Morgan fingerprint density at radius 3 is 2.47 bits per heavy atom. The molecule has 2 aromatic heterocycles. The van der Waals surface area contributed by atoms with Crippen molar-refractivity contribution in [2.75, 3.05) is 5.32 Å². The summed E-state index contributed by atoms with van der Waals surface area (Å²) in [5.74, 6) is 1.05. The molecule has 3 aromatic carbocycles. The molecular weight excluding hydrogens is 468 g/mol. The Labute approximate surface area is 222 Å². The van der Waals surface area contributed by atoms with Gasteiger partial charge in [-0.1, -0.05) is 56.3 Å². The van der Waals surface area contributed by atoms with E-state index < -0.39 is 0 Å². The van der Waals surface area contributed by atoms with Crippen LogP contribution in [0.1, 0.15) is 56.4 Å². The maximum Gasteiger partial charge on any atom is 0.162 e. The molecule has 0 spiro atoms. The zero-order valence-electron chi connectivity index (χ0n) is 22.4. The first kappa shape index (κ1) is 23.0. The second-order valence-corrected chi connectivity index (χ2v) is 11.5. The fourth-order valence-corrected chi connectivity index (χ4v) is 6.75. The van der Waals surface area contributed by atoms with E-state index in [1.165, 1.54) is 21.8 Å². The van der Waals surface area contributed by atoms with Crippen LogP contribution in [-0.2, 0) is 11.3 Å². The summed E-state index contributed by atoms with van der Waals surface area (Å²) >= 11 is 0. The lowest BCUT2D eigenvalue weighted by atomic mass is 9.69. The summed E-state index contributed by atoms with van der Waals surface area (Å²) in [6.45, 7) is 9.54. The molecule has 7 rings (SSSR count). The largest absolute Gasteiger partial charge is 0.343 e. The van der Waals surface area contributed by atoms with Crippen molar-refractivity contribution in [2.45, 2.75) is 53.0 Å². The first-order valence-electron chi connectivity index (χ1n) is 13.6. The highest BCUT2D eigenvalue weighted by atomic mass is 16.1. The van der Waals surface area contributed by atoms with E-state index in [9.17, 15) is 4.79 Å². The summed E-state index contributed by atoms with van der Waals surface area (Å²) in [5.41, 5.74) is 8.54. The third-order valence-corrected chi connectivity index (χ3v) is 8.32. The van der Waals surface area contributed by atoms with Gasteiger partial charge >= 0.3 is 0 Å². The van der Waals surface area contributed by atoms with Gasteiger partial charge in [-0.25, -0.2) is 4.68 Å². The molecule has 0 saturated carbocycles. The van der Waals surface area contributed by atoms with Crippen molar-refractivity contribution in [1.82, 2.24) is 14.3 Å². The molecule has 5 aromatic rings. The Morgan fingerprint density at radius 1 is 0.947 bits per heavy atom. The van der Waals surface area contributed by atoms with E-state index in [0.717, 1.165) is 52.6 Å². The third kappa shape index (κ3) is 3.31. The summed E-state index contributed by atoms with van der Waals surface area (Å²) in [4.78, 5) is 13.8. The van der Waals surface area contributed by atoms with Crippen molar-refractivity contribution in [3.8, 4) is 5.69 Å². The van der Waals surface area contributed by atoms with Crippen LogP contribution in [0.5, 0.6) is 0 Å². The molecule has 5 nitrogen and oxygen atoms in total. The smallest absolute Gasteiger partial charge is 0.162 e. The van der Waals surface area contributed by atoms with Crippen LogP contribution in [0.4, 0.5) is 5.82 Å². The minimum absolute atomic E-state index is 0.0872. The number of aromatic nitrogens is 3. The number of para-hydroxylation sites is 2. The van der Waals surface area contributed by atoms with Crippen molar-refractivity contribution in [1.29, 1.82) is 0 Å². The number of ketones is 1. The van der Waals surface area contributed by atoms with Gasteiger partial charge in [-0.15, -0.1) is 0 Å². The van der Waals surface area contributed by atoms with Gasteiger partial charge in [-0.2, -0.15) is 5.10 Å². The third-order valence-electron chi connectivity index (χ3n) is 8.32. The Morgan fingerprint density at radius 2 is 1.68 bits per heavy atom. The zero-order chi connectivity index (χ0) is 26.2. The van der Waals surface area contributed by atoms with E-state index in [-0.39, 0.29) is 17.1 Å². The molecule has 3 heterocycles. The maximum atomic E-state index is 13.8. The second-order valence-electron chi connectivity index (χ2n) is 11.5. The Hall–Kier alpha value is -4.12. The fraction of sp³-hybridized carbons (Fsp3) is 0.273. The average molecular weight is 501 g/mol. The molecule has 0 amide bonds. The summed E-state index contributed by atoms with van der Waals surface area (Å²) < 4.78 is 4.38. The normalized spacial score (nSPS) is 18.5. The Bertz CT molecular complexity index is 1780. The predicted octanol–water partition coefficient (Wildman–Crippen LogP) is 7.51. The van der Waals surface area contributed by atoms with Crippen molar-refractivity contribution >= 4 is 33.4 Å². The number of carbonyl (C=O) groups excluding carboxylic acids is 1. The molecule has 0 bridgehead atoms. The maximum absolute atomic E-state index is 13.8. The quantitative estimate of drug-likeness (QED) is 0.279. The predicted molar refractivity (Wildman–Crippen MR) is 154 cm³/mol. The van der Waals surface area contributed by atoms with Crippen molar-refractivity contribution in [3.63, 3.8) is 0 Å².